The molecule has 0 fully saturated rings. The van der Waals surface area contributed by atoms with Crippen LogP contribution in [-0.4, -0.2) is 31.6 Å². The van der Waals surface area contributed by atoms with Crippen molar-refractivity contribution in [3.63, 3.8) is 0 Å². The Balaban J connectivity index is 2.47. The van der Waals surface area contributed by atoms with E-state index in [-0.39, 0.29) is 5.97 Å². The maximum atomic E-state index is 11.0. The standard InChI is InChI=1S/C16H25NO2S/c1-12(2)13-5-7-14(8-6-13)15(17-3)11-20-10-9-16(18)19-4/h5-8,12,15,17H,9-11H2,1-4H3. The molecule has 0 aliphatic carbocycles. The predicted octanol–water partition coefficient (Wildman–Crippen LogP) is 3.37. The molecule has 0 aliphatic rings. The molecule has 0 spiro atoms. The van der Waals surface area contributed by atoms with E-state index in [1.165, 1.54) is 18.2 Å². The molecule has 1 aromatic rings. The zero-order chi connectivity index (χ0) is 15.0. The first kappa shape index (κ1) is 17.1. The molecule has 0 amide bonds. The van der Waals surface area contributed by atoms with Gasteiger partial charge in [0.05, 0.1) is 13.5 Å². The van der Waals surface area contributed by atoms with Gasteiger partial charge in [0.1, 0.15) is 0 Å². The van der Waals surface area contributed by atoms with Crippen LogP contribution in [0.3, 0.4) is 0 Å². The van der Waals surface area contributed by atoms with Crippen LogP contribution in [0.4, 0.5) is 0 Å². The largest absolute Gasteiger partial charge is 0.469 e. The lowest BCUT2D eigenvalue weighted by Crippen LogP contribution is -2.19. The van der Waals surface area contributed by atoms with Crippen molar-refractivity contribution in [3.05, 3.63) is 35.4 Å². The van der Waals surface area contributed by atoms with E-state index in [2.05, 4.69) is 48.2 Å². The SMILES string of the molecule is CNC(CSCCC(=O)OC)c1ccc(C(C)C)cc1. The van der Waals surface area contributed by atoms with Gasteiger partial charge in [-0.2, -0.15) is 11.8 Å². The summed E-state index contributed by atoms with van der Waals surface area (Å²) in [4.78, 5) is 11.0. The van der Waals surface area contributed by atoms with Crippen LogP contribution in [0.15, 0.2) is 24.3 Å². The summed E-state index contributed by atoms with van der Waals surface area (Å²) in [6.07, 6.45) is 0.476. The number of thioether (sulfide) groups is 1. The number of benzene rings is 1. The third-order valence-corrected chi connectivity index (χ3v) is 4.38. The molecule has 20 heavy (non-hydrogen) atoms. The molecule has 0 radical (unpaired) electrons. The summed E-state index contributed by atoms with van der Waals surface area (Å²) in [6, 6.07) is 9.10. The van der Waals surface area contributed by atoms with Crippen LogP contribution in [0, 0.1) is 0 Å². The zero-order valence-corrected chi connectivity index (χ0v) is 13.6. The Morgan fingerprint density at radius 3 is 2.35 bits per heavy atom. The van der Waals surface area contributed by atoms with Crippen LogP contribution in [0.25, 0.3) is 0 Å². The fourth-order valence-corrected chi connectivity index (χ4v) is 2.99. The van der Waals surface area contributed by atoms with Gasteiger partial charge in [-0.05, 0) is 24.1 Å². The van der Waals surface area contributed by atoms with E-state index >= 15 is 0 Å². The molecule has 0 aromatic heterocycles. The molecule has 3 nitrogen and oxygen atoms in total. The molecule has 4 heteroatoms. The maximum absolute atomic E-state index is 11.0. The van der Waals surface area contributed by atoms with Crippen LogP contribution >= 0.6 is 11.8 Å². The smallest absolute Gasteiger partial charge is 0.306 e. The number of carbonyl (C=O) groups excluding carboxylic acids is 1. The molecular formula is C16H25NO2S. The number of esters is 1. The Hall–Kier alpha value is -1.00. The highest BCUT2D eigenvalue weighted by atomic mass is 32.2. The molecule has 0 saturated carbocycles. The van der Waals surface area contributed by atoms with Gasteiger partial charge in [0.2, 0.25) is 0 Å². The normalized spacial score (nSPS) is 12.4. The average Bonchev–Trinajstić information content (AvgIpc) is 2.47. The van der Waals surface area contributed by atoms with Crippen molar-refractivity contribution in [2.45, 2.75) is 32.2 Å². The molecule has 0 heterocycles. The number of ether oxygens (including phenoxy) is 1. The molecule has 1 rings (SSSR count). The second-order valence-electron chi connectivity index (χ2n) is 5.06. The fraction of sp³-hybridized carbons (Fsp3) is 0.562. The van der Waals surface area contributed by atoms with Crippen LogP contribution in [0.1, 0.15) is 43.4 Å². The lowest BCUT2D eigenvalue weighted by atomic mass is 10.00. The third kappa shape index (κ3) is 5.55. The first-order valence-electron chi connectivity index (χ1n) is 7.00. The molecular weight excluding hydrogens is 270 g/mol. The average molecular weight is 295 g/mol. The van der Waals surface area contributed by atoms with Crippen molar-refractivity contribution in [2.75, 3.05) is 25.7 Å². The van der Waals surface area contributed by atoms with E-state index in [0.29, 0.717) is 18.4 Å². The molecule has 0 aliphatic heterocycles. The van der Waals surface area contributed by atoms with E-state index in [9.17, 15) is 4.79 Å². The van der Waals surface area contributed by atoms with Gasteiger partial charge in [0, 0.05) is 17.5 Å². The van der Waals surface area contributed by atoms with Crippen molar-refractivity contribution in [1.29, 1.82) is 0 Å². The predicted molar refractivity (Wildman–Crippen MR) is 86.3 cm³/mol. The topological polar surface area (TPSA) is 38.3 Å². The van der Waals surface area contributed by atoms with Gasteiger partial charge in [-0.1, -0.05) is 38.1 Å². The van der Waals surface area contributed by atoms with Gasteiger partial charge >= 0.3 is 5.97 Å². The molecule has 0 saturated heterocycles. The number of methoxy groups -OCH3 is 1. The van der Waals surface area contributed by atoms with E-state index < -0.39 is 0 Å². The number of carbonyl (C=O) groups is 1. The highest BCUT2D eigenvalue weighted by Gasteiger charge is 2.10. The summed E-state index contributed by atoms with van der Waals surface area (Å²) in [7, 11) is 3.40. The van der Waals surface area contributed by atoms with Gasteiger partial charge in [-0.3, -0.25) is 4.79 Å². The monoisotopic (exact) mass is 295 g/mol. The fourth-order valence-electron chi connectivity index (χ4n) is 1.92. The van der Waals surface area contributed by atoms with Crippen LogP contribution in [0.5, 0.6) is 0 Å². The van der Waals surface area contributed by atoms with E-state index in [0.717, 1.165) is 11.5 Å². The number of hydrogen-bond donors (Lipinski definition) is 1. The van der Waals surface area contributed by atoms with Crippen LogP contribution < -0.4 is 5.32 Å². The first-order chi connectivity index (χ1) is 9.58. The van der Waals surface area contributed by atoms with E-state index in [4.69, 9.17) is 0 Å². The minimum absolute atomic E-state index is 0.139. The molecule has 1 atom stereocenters. The van der Waals surface area contributed by atoms with Crippen molar-refractivity contribution < 1.29 is 9.53 Å². The van der Waals surface area contributed by atoms with Crippen molar-refractivity contribution >= 4 is 17.7 Å². The zero-order valence-electron chi connectivity index (χ0n) is 12.8. The maximum Gasteiger partial charge on any atom is 0.306 e. The third-order valence-electron chi connectivity index (χ3n) is 3.32. The molecule has 112 valence electrons. The summed E-state index contributed by atoms with van der Waals surface area (Å²) < 4.78 is 4.64. The van der Waals surface area contributed by atoms with Crippen molar-refractivity contribution in [1.82, 2.24) is 5.32 Å². The quantitative estimate of drug-likeness (QED) is 0.589. The van der Waals surface area contributed by atoms with Crippen LogP contribution in [0.2, 0.25) is 0 Å². The molecule has 0 bridgehead atoms. The minimum Gasteiger partial charge on any atom is -0.469 e. The minimum atomic E-state index is -0.139. The Morgan fingerprint density at radius 1 is 1.25 bits per heavy atom. The van der Waals surface area contributed by atoms with Crippen molar-refractivity contribution in [2.24, 2.45) is 0 Å². The van der Waals surface area contributed by atoms with Gasteiger partial charge in [-0.15, -0.1) is 0 Å². The molecule has 1 N–H and O–H groups in total. The first-order valence-corrected chi connectivity index (χ1v) is 8.15. The van der Waals surface area contributed by atoms with E-state index in [1.807, 2.05) is 7.05 Å². The summed E-state index contributed by atoms with van der Waals surface area (Å²) >= 11 is 1.77. The second-order valence-corrected chi connectivity index (χ2v) is 6.21. The number of hydrogen-bond acceptors (Lipinski definition) is 4. The summed E-state index contributed by atoms with van der Waals surface area (Å²) in [5, 5.41) is 3.33. The number of nitrogens with one attached hydrogen (secondary N) is 1. The van der Waals surface area contributed by atoms with Gasteiger partial charge in [0.15, 0.2) is 0 Å². The highest BCUT2D eigenvalue weighted by Crippen LogP contribution is 2.21. The van der Waals surface area contributed by atoms with Gasteiger partial charge < -0.3 is 10.1 Å². The Labute approximate surface area is 126 Å². The lowest BCUT2D eigenvalue weighted by molar-refractivity contribution is -0.140. The summed E-state index contributed by atoms with van der Waals surface area (Å²) in [6.45, 7) is 4.40. The van der Waals surface area contributed by atoms with Crippen LogP contribution in [-0.2, 0) is 9.53 Å². The van der Waals surface area contributed by atoms with Crippen molar-refractivity contribution in [3.8, 4) is 0 Å². The lowest BCUT2D eigenvalue weighted by Gasteiger charge is -2.17. The molecule has 1 aromatic carbocycles. The van der Waals surface area contributed by atoms with E-state index in [1.54, 1.807) is 11.8 Å². The Bertz CT molecular complexity index is 403. The van der Waals surface area contributed by atoms with Gasteiger partial charge in [0.25, 0.3) is 0 Å². The Kier molecular flexibility index (Phi) is 7.70. The number of rotatable bonds is 8. The Morgan fingerprint density at radius 2 is 1.85 bits per heavy atom. The molecule has 1 unspecified atom stereocenters. The van der Waals surface area contributed by atoms with Gasteiger partial charge in [-0.25, -0.2) is 0 Å². The summed E-state index contributed by atoms with van der Waals surface area (Å²) in [5.74, 6) is 2.18. The summed E-state index contributed by atoms with van der Waals surface area (Å²) in [5.41, 5.74) is 2.66. The highest BCUT2D eigenvalue weighted by molar-refractivity contribution is 7.99. The second kappa shape index (κ2) is 9.03.